The monoisotopic (exact) mass is 417 g/mol. The first kappa shape index (κ1) is 19.0. The van der Waals surface area contributed by atoms with Gasteiger partial charge in [-0.05, 0) is 36.4 Å². The smallest absolute Gasteiger partial charge is 0.232 e. The van der Waals surface area contributed by atoms with Crippen LogP contribution in [0.15, 0.2) is 42.7 Å². The van der Waals surface area contributed by atoms with Crippen molar-refractivity contribution in [2.75, 3.05) is 23.3 Å². The normalized spacial score (nSPS) is 13.7. The van der Waals surface area contributed by atoms with E-state index in [1.807, 2.05) is 4.90 Å². The van der Waals surface area contributed by atoms with Gasteiger partial charge >= 0.3 is 0 Å². The van der Waals surface area contributed by atoms with Crippen molar-refractivity contribution in [1.82, 2.24) is 15.0 Å². The highest BCUT2D eigenvalue weighted by Gasteiger charge is 2.31. The van der Waals surface area contributed by atoms with Crippen LogP contribution in [0.25, 0.3) is 0 Å². The van der Waals surface area contributed by atoms with Crippen LogP contribution in [-0.2, 0) is 0 Å². The number of aldehydes is 1. The quantitative estimate of drug-likeness (QED) is 0.613. The molecule has 0 spiro atoms. The number of nitrogens with zero attached hydrogens (tertiary/aromatic N) is 4. The largest absolute Gasteiger partial charge is 0.484 e. The predicted octanol–water partition coefficient (Wildman–Crippen LogP) is 3.63. The molecule has 2 heterocycles. The van der Waals surface area contributed by atoms with Crippen LogP contribution >= 0.6 is 11.6 Å². The van der Waals surface area contributed by atoms with Crippen LogP contribution in [0, 0.1) is 11.6 Å². The molecular weight excluding hydrogens is 404 g/mol. The number of anilines is 3. The second kappa shape index (κ2) is 7.96. The molecule has 0 amide bonds. The summed E-state index contributed by atoms with van der Waals surface area (Å²) in [4.78, 5) is 25.1. The van der Waals surface area contributed by atoms with Gasteiger partial charge in [0.05, 0.1) is 13.1 Å². The topological polar surface area (TPSA) is 80.2 Å². The lowest BCUT2D eigenvalue weighted by Gasteiger charge is -2.38. The second-order valence-electron chi connectivity index (χ2n) is 6.34. The average molecular weight is 418 g/mol. The van der Waals surface area contributed by atoms with Gasteiger partial charge < -0.3 is 15.0 Å². The summed E-state index contributed by atoms with van der Waals surface area (Å²) in [6.07, 6.45) is 1.64. The third kappa shape index (κ3) is 4.40. The van der Waals surface area contributed by atoms with E-state index in [4.69, 9.17) is 16.3 Å². The molecule has 0 bridgehead atoms. The summed E-state index contributed by atoms with van der Waals surface area (Å²) in [5.74, 6) is -0.346. The van der Waals surface area contributed by atoms with E-state index in [1.54, 1.807) is 6.07 Å². The van der Waals surface area contributed by atoms with E-state index in [9.17, 15) is 13.6 Å². The predicted molar refractivity (Wildman–Crippen MR) is 103 cm³/mol. The number of benzene rings is 2. The van der Waals surface area contributed by atoms with Gasteiger partial charge in [-0.3, -0.25) is 4.79 Å². The molecule has 7 nitrogen and oxygen atoms in total. The molecule has 4 rings (SSSR count). The molecule has 0 unspecified atom stereocenters. The summed E-state index contributed by atoms with van der Waals surface area (Å²) >= 11 is 5.73. The van der Waals surface area contributed by atoms with Gasteiger partial charge in [0.15, 0.2) is 11.6 Å². The van der Waals surface area contributed by atoms with Gasteiger partial charge in [0.25, 0.3) is 0 Å². The Kier molecular flexibility index (Phi) is 5.22. The second-order valence-corrected chi connectivity index (χ2v) is 6.78. The van der Waals surface area contributed by atoms with Crippen molar-refractivity contribution >= 4 is 35.5 Å². The molecule has 1 aliphatic rings. The highest BCUT2D eigenvalue weighted by atomic mass is 35.5. The summed E-state index contributed by atoms with van der Waals surface area (Å²) in [6, 6.07) is 8.07. The molecule has 0 atom stereocenters. The fourth-order valence-electron chi connectivity index (χ4n) is 2.81. The van der Waals surface area contributed by atoms with E-state index in [0.29, 0.717) is 36.0 Å². The van der Waals surface area contributed by atoms with Crippen molar-refractivity contribution in [3.63, 3.8) is 0 Å². The third-order valence-electron chi connectivity index (χ3n) is 4.19. The number of rotatable bonds is 6. The lowest BCUT2D eigenvalue weighted by atomic mass is 10.2. The molecule has 1 fully saturated rings. The number of hydrogen-bond acceptors (Lipinski definition) is 7. The van der Waals surface area contributed by atoms with Gasteiger partial charge in [-0.1, -0.05) is 11.6 Å². The summed E-state index contributed by atoms with van der Waals surface area (Å²) < 4.78 is 33.0. The number of carbonyl (C=O) groups is 1. The highest BCUT2D eigenvalue weighted by Crippen LogP contribution is 2.26. The first-order valence-electron chi connectivity index (χ1n) is 8.58. The van der Waals surface area contributed by atoms with Crippen LogP contribution in [0.2, 0.25) is 5.02 Å². The van der Waals surface area contributed by atoms with Gasteiger partial charge in [-0.25, -0.2) is 18.7 Å². The fourth-order valence-corrected chi connectivity index (χ4v) is 2.97. The van der Waals surface area contributed by atoms with Gasteiger partial charge in [-0.15, -0.1) is 0 Å². The third-order valence-corrected chi connectivity index (χ3v) is 4.43. The Balaban J connectivity index is 1.40. The SMILES string of the molecule is O=Cc1cc(F)cc(Nc2ncnc(N3CC(Oc4ccc(Cl)cc4F)C3)n2)c1. The van der Waals surface area contributed by atoms with Crippen molar-refractivity contribution in [3.05, 3.63) is 64.9 Å². The maximum atomic E-state index is 13.8. The van der Waals surface area contributed by atoms with Gasteiger partial charge in [-0.2, -0.15) is 4.98 Å². The number of halogens is 3. The molecule has 148 valence electrons. The molecule has 2 aromatic carbocycles. The number of ether oxygens (including phenoxy) is 1. The first-order chi connectivity index (χ1) is 14.0. The maximum absolute atomic E-state index is 13.8. The Bertz CT molecular complexity index is 1060. The summed E-state index contributed by atoms with van der Waals surface area (Å²) in [7, 11) is 0. The molecule has 1 aromatic heterocycles. The molecule has 1 N–H and O–H groups in total. The van der Waals surface area contributed by atoms with Crippen LogP contribution in [0.1, 0.15) is 10.4 Å². The zero-order chi connectivity index (χ0) is 20.4. The minimum atomic E-state index is -0.552. The van der Waals surface area contributed by atoms with Gasteiger partial charge in [0.2, 0.25) is 11.9 Å². The molecule has 0 saturated carbocycles. The van der Waals surface area contributed by atoms with Crippen molar-refractivity contribution in [3.8, 4) is 5.75 Å². The molecule has 10 heteroatoms. The Hall–Kier alpha value is -3.33. The van der Waals surface area contributed by atoms with E-state index in [2.05, 4.69) is 20.3 Å². The molecule has 3 aromatic rings. The molecule has 1 saturated heterocycles. The Morgan fingerprint density at radius 3 is 2.76 bits per heavy atom. The average Bonchev–Trinajstić information content (AvgIpc) is 2.65. The molecule has 0 radical (unpaired) electrons. The van der Waals surface area contributed by atoms with E-state index in [-0.39, 0.29) is 23.4 Å². The molecule has 0 aliphatic carbocycles. The van der Waals surface area contributed by atoms with Gasteiger partial charge in [0.1, 0.15) is 24.5 Å². The number of carbonyl (C=O) groups excluding carboxylic acids is 1. The number of nitrogens with one attached hydrogen (secondary N) is 1. The summed E-state index contributed by atoms with van der Waals surface area (Å²) in [5, 5.41) is 3.15. The fraction of sp³-hybridized carbons (Fsp3) is 0.158. The Morgan fingerprint density at radius 2 is 2.00 bits per heavy atom. The first-order valence-corrected chi connectivity index (χ1v) is 8.96. The lowest BCUT2D eigenvalue weighted by molar-refractivity contribution is 0.112. The Labute approximate surface area is 169 Å². The van der Waals surface area contributed by atoms with Crippen LogP contribution in [0.3, 0.4) is 0 Å². The van der Waals surface area contributed by atoms with E-state index in [0.717, 1.165) is 6.07 Å². The van der Waals surface area contributed by atoms with Crippen molar-refractivity contribution < 1.29 is 18.3 Å². The van der Waals surface area contributed by atoms with Crippen LogP contribution in [0.4, 0.5) is 26.4 Å². The van der Waals surface area contributed by atoms with E-state index in [1.165, 1.54) is 30.6 Å². The number of hydrogen-bond donors (Lipinski definition) is 1. The lowest BCUT2D eigenvalue weighted by Crippen LogP contribution is -2.54. The van der Waals surface area contributed by atoms with Gasteiger partial charge in [0, 0.05) is 16.3 Å². The maximum Gasteiger partial charge on any atom is 0.232 e. The van der Waals surface area contributed by atoms with Crippen LogP contribution in [0.5, 0.6) is 5.75 Å². The Morgan fingerprint density at radius 1 is 1.17 bits per heavy atom. The minimum absolute atomic E-state index is 0.133. The van der Waals surface area contributed by atoms with E-state index >= 15 is 0 Å². The van der Waals surface area contributed by atoms with Crippen LogP contribution < -0.4 is 15.0 Å². The summed E-state index contributed by atoms with van der Waals surface area (Å²) in [6.45, 7) is 0.918. The minimum Gasteiger partial charge on any atom is -0.484 e. The summed E-state index contributed by atoms with van der Waals surface area (Å²) in [5.41, 5.74) is 0.534. The van der Waals surface area contributed by atoms with Crippen molar-refractivity contribution in [2.45, 2.75) is 6.10 Å². The van der Waals surface area contributed by atoms with Crippen molar-refractivity contribution in [1.29, 1.82) is 0 Å². The molecule has 29 heavy (non-hydrogen) atoms. The molecular formula is C19H14ClF2N5O2. The van der Waals surface area contributed by atoms with Crippen LogP contribution in [-0.4, -0.2) is 40.4 Å². The zero-order valence-electron chi connectivity index (χ0n) is 14.8. The highest BCUT2D eigenvalue weighted by molar-refractivity contribution is 6.30. The van der Waals surface area contributed by atoms with Crippen molar-refractivity contribution in [2.24, 2.45) is 0 Å². The standard InChI is InChI=1S/C19H14ClF2N5O2/c20-12-1-2-17(16(22)5-12)29-15-7-27(8-15)19-24-10-23-18(26-19)25-14-4-11(9-28)3-13(21)6-14/h1-6,9-10,15H,7-8H2,(H,23,24,25,26). The zero-order valence-corrected chi connectivity index (χ0v) is 15.6. The van der Waals surface area contributed by atoms with E-state index < -0.39 is 11.6 Å². The number of aromatic nitrogens is 3. The molecule has 1 aliphatic heterocycles.